The molecule has 3 fully saturated rings. The predicted molar refractivity (Wildman–Crippen MR) is 83.1 cm³/mol. The molecule has 6 atom stereocenters. The predicted octanol–water partition coefficient (Wildman–Crippen LogP) is 3.06. The number of carbonyl (C=O) groups excluding carboxylic acids is 2. The molecule has 0 radical (unpaired) electrons. The maximum Gasteiger partial charge on any atom is 0.155 e. The Balaban J connectivity index is 1.91. The van der Waals surface area contributed by atoms with E-state index in [1.165, 1.54) is 0 Å². The first-order chi connectivity index (χ1) is 13.0. The summed E-state index contributed by atoms with van der Waals surface area (Å²) < 4.78 is 58.1. The lowest BCUT2D eigenvalue weighted by molar-refractivity contribution is -0.148. The van der Waals surface area contributed by atoms with Crippen LogP contribution in [-0.2, 0) is 9.59 Å². The summed E-state index contributed by atoms with van der Waals surface area (Å²) in [6, 6.07) is -0.671. The van der Waals surface area contributed by atoms with Crippen LogP contribution in [-0.4, -0.2) is 22.8 Å². The van der Waals surface area contributed by atoms with Gasteiger partial charge in [0.1, 0.15) is 5.78 Å². The molecule has 0 amide bonds. The summed E-state index contributed by atoms with van der Waals surface area (Å²) in [6.07, 6.45) is -8.27. The Morgan fingerprint density at radius 3 is 2.86 bits per heavy atom. The van der Waals surface area contributed by atoms with Crippen molar-refractivity contribution in [3.63, 3.8) is 0 Å². The summed E-state index contributed by atoms with van der Waals surface area (Å²) in [5.74, 6) is -3.15. The standard InChI is InChI=1S/C19H26O3/c1-18-8-7-12(20)9-11(18)3-4-13-14-5-6-16(22)19(14,2)10-15(21)17(13)18/h9,13-14,16-17,22H,3-8,10H2,1-2H3/t13?,14?,16-,17?,18?,19?/m0/s1/i3D2,6D2,7D2,9D. The molecule has 3 heteroatoms. The van der Waals surface area contributed by atoms with E-state index >= 15 is 0 Å². The van der Waals surface area contributed by atoms with Gasteiger partial charge in [-0.25, -0.2) is 0 Å². The number of ketones is 2. The number of allylic oxidation sites excluding steroid dienone is 1. The fourth-order valence-electron chi connectivity index (χ4n) is 5.20. The number of rotatable bonds is 0. The van der Waals surface area contributed by atoms with Gasteiger partial charge in [0.05, 0.1) is 7.47 Å². The van der Waals surface area contributed by atoms with E-state index in [-0.39, 0.29) is 37.0 Å². The van der Waals surface area contributed by atoms with E-state index in [1.807, 2.05) is 0 Å². The summed E-state index contributed by atoms with van der Waals surface area (Å²) in [7, 11) is 0. The minimum absolute atomic E-state index is 0.00385. The topological polar surface area (TPSA) is 54.4 Å². The molecule has 4 aliphatic rings. The maximum absolute atomic E-state index is 13.4. The van der Waals surface area contributed by atoms with E-state index in [9.17, 15) is 14.7 Å². The molecule has 0 spiro atoms. The van der Waals surface area contributed by atoms with Crippen molar-refractivity contribution in [2.45, 2.75) is 64.8 Å². The molecule has 0 heterocycles. The van der Waals surface area contributed by atoms with Crippen LogP contribution in [0.25, 0.3) is 0 Å². The SMILES string of the molecule is [2H]C1=C2C([2H])([2H])CC3C(C(=O)CC4(C)C3CC([2H])([2H])[C@@H]4O)C2(C)CC([2H])([2H])C1=O. The molecular formula is C19H26O3. The maximum atomic E-state index is 13.4. The van der Waals surface area contributed by atoms with E-state index in [2.05, 4.69) is 0 Å². The smallest absolute Gasteiger partial charge is 0.155 e. The molecule has 0 aromatic heterocycles. The zero-order chi connectivity index (χ0) is 21.9. The molecule has 22 heavy (non-hydrogen) atoms. The molecule has 120 valence electrons. The van der Waals surface area contributed by atoms with E-state index in [0.717, 1.165) is 0 Å². The van der Waals surface area contributed by atoms with Crippen molar-refractivity contribution in [1.29, 1.82) is 0 Å². The van der Waals surface area contributed by atoms with Crippen molar-refractivity contribution >= 4 is 11.6 Å². The highest BCUT2D eigenvalue weighted by atomic mass is 16.3. The van der Waals surface area contributed by atoms with Gasteiger partial charge in [0.25, 0.3) is 0 Å². The molecule has 0 aliphatic heterocycles. The highest BCUT2D eigenvalue weighted by Gasteiger charge is 2.61. The number of fused-ring (bicyclic) bond motifs is 5. The van der Waals surface area contributed by atoms with Crippen molar-refractivity contribution < 1.29 is 24.3 Å². The van der Waals surface area contributed by atoms with Gasteiger partial charge in [0.2, 0.25) is 0 Å². The van der Waals surface area contributed by atoms with Gasteiger partial charge in [0.15, 0.2) is 5.78 Å². The van der Waals surface area contributed by atoms with Gasteiger partial charge in [0, 0.05) is 32.4 Å². The number of Topliss-reactive ketones (excluding diaryl/α,β-unsaturated/α-hetero) is 1. The third-order valence-corrected chi connectivity index (χ3v) is 6.48. The first kappa shape index (κ1) is 8.77. The van der Waals surface area contributed by atoms with Crippen LogP contribution < -0.4 is 0 Å². The highest BCUT2D eigenvalue weighted by molar-refractivity contribution is 5.93. The van der Waals surface area contributed by atoms with Gasteiger partial charge in [-0.15, -0.1) is 0 Å². The van der Waals surface area contributed by atoms with Crippen molar-refractivity contribution in [2.75, 3.05) is 0 Å². The minimum Gasteiger partial charge on any atom is -0.393 e. The molecular weight excluding hydrogens is 276 g/mol. The average molecular weight is 309 g/mol. The van der Waals surface area contributed by atoms with Crippen LogP contribution >= 0.6 is 0 Å². The summed E-state index contributed by atoms with van der Waals surface area (Å²) in [4.78, 5) is 25.7. The molecule has 3 nitrogen and oxygen atoms in total. The Morgan fingerprint density at radius 1 is 1.32 bits per heavy atom. The molecule has 3 saturated carbocycles. The molecule has 0 aromatic rings. The van der Waals surface area contributed by atoms with Crippen LogP contribution in [0.3, 0.4) is 0 Å². The average Bonchev–Trinajstić information content (AvgIpc) is 2.71. The van der Waals surface area contributed by atoms with Gasteiger partial charge in [-0.3, -0.25) is 9.59 Å². The lowest BCUT2D eigenvalue weighted by Gasteiger charge is -2.56. The largest absolute Gasteiger partial charge is 0.393 e. The van der Waals surface area contributed by atoms with Crippen molar-refractivity contribution in [1.82, 2.24) is 0 Å². The van der Waals surface area contributed by atoms with E-state index in [1.54, 1.807) is 13.8 Å². The van der Waals surface area contributed by atoms with Crippen LogP contribution in [0.4, 0.5) is 0 Å². The number of carbonyl (C=O) groups is 2. The van der Waals surface area contributed by atoms with Crippen LogP contribution in [0.15, 0.2) is 11.6 Å². The van der Waals surface area contributed by atoms with E-state index in [4.69, 9.17) is 9.60 Å². The van der Waals surface area contributed by atoms with Crippen LogP contribution in [0.1, 0.15) is 68.2 Å². The van der Waals surface area contributed by atoms with Crippen LogP contribution in [0.5, 0.6) is 0 Å². The molecule has 0 bridgehead atoms. The third-order valence-electron chi connectivity index (χ3n) is 6.48. The second kappa shape index (κ2) is 4.53. The first-order valence-electron chi connectivity index (χ1n) is 11.5. The molecule has 5 unspecified atom stereocenters. The number of hydrogen-bond acceptors (Lipinski definition) is 3. The number of aliphatic hydroxyl groups is 1. The zero-order valence-electron chi connectivity index (χ0n) is 19.9. The lowest BCUT2D eigenvalue weighted by atomic mass is 9.47. The van der Waals surface area contributed by atoms with Gasteiger partial charge in [-0.1, -0.05) is 19.4 Å². The lowest BCUT2D eigenvalue weighted by Crippen LogP contribution is -2.55. The highest BCUT2D eigenvalue weighted by Crippen LogP contribution is 2.64. The quantitative estimate of drug-likeness (QED) is 0.748. The summed E-state index contributed by atoms with van der Waals surface area (Å²) in [6.45, 7) is 3.26. The molecule has 1 N–H and O–H groups in total. The Hall–Kier alpha value is -0.960. The Bertz CT molecular complexity index is 851. The van der Waals surface area contributed by atoms with Crippen molar-refractivity contribution in [3.05, 3.63) is 11.6 Å². The minimum atomic E-state index is -2.36. The third kappa shape index (κ3) is 1.72. The van der Waals surface area contributed by atoms with Gasteiger partial charge in [-0.2, -0.15) is 0 Å². The van der Waals surface area contributed by atoms with E-state index < -0.39 is 65.6 Å². The Morgan fingerprint density at radius 2 is 2.09 bits per heavy atom. The van der Waals surface area contributed by atoms with Gasteiger partial charge in [-0.05, 0) is 55.3 Å². The van der Waals surface area contributed by atoms with Crippen LogP contribution in [0, 0.1) is 28.6 Å². The van der Waals surface area contributed by atoms with Gasteiger partial charge >= 0.3 is 0 Å². The van der Waals surface area contributed by atoms with Crippen molar-refractivity contribution in [3.8, 4) is 0 Å². The Kier molecular flexibility index (Phi) is 1.81. The molecule has 0 saturated heterocycles. The Labute approximate surface area is 142 Å². The normalized spacial score (nSPS) is 63.0. The fraction of sp³-hybridized carbons (Fsp3) is 0.789. The summed E-state index contributed by atoms with van der Waals surface area (Å²) in [5.41, 5.74) is -2.44. The first-order valence-corrected chi connectivity index (χ1v) is 7.96. The van der Waals surface area contributed by atoms with E-state index in [0.29, 0.717) is 0 Å². The second-order valence-electron chi connectivity index (χ2n) is 7.69. The fourth-order valence-corrected chi connectivity index (χ4v) is 5.20. The monoisotopic (exact) mass is 309 g/mol. The molecule has 4 rings (SSSR count). The van der Waals surface area contributed by atoms with Crippen molar-refractivity contribution in [2.24, 2.45) is 28.6 Å². The zero-order valence-corrected chi connectivity index (χ0v) is 12.9. The van der Waals surface area contributed by atoms with Gasteiger partial charge < -0.3 is 5.11 Å². The van der Waals surface area contributed by atoms with Crippen LogP contribution in [0.2, 0.25) is 0 Å². The summed E-state index contributed by atoms with van der Waals surface area (Å²) in [5, 5.41) is 10.6. The second-order valence-corrected chi connectivity index (χ2v) is 7.69. The number of hydrogen-bond donors (Lipinski definition) is 1. The molecule has 4 aliphatic carbocycles. The summed E-state index contributed by atoms with van der Waals surface area (Å²) >= 11 is 0. The molecule has 0 aromatic carbocycles. The number of aliphatic hydroxyl groups excluding tert-OH is 1.